The van der Waals surface area contributed by atoms with E-state index in [1.54, 1.807) is 17.0 Å². The zero-order chi connectivity index (χ0) is 23.3. The lowest BCUT2D eigenvalue weighted by Gasteiger charge is -2.32. The van der Waals surface area contributed by atoms with Crippen molar-refractivity contribution in [2.24, 2.45) is 5.92 Å². The highest BCUT2D eigenvalue weighted by molar-refractivity contribution is 7.92. The Morgan fingerprint density at radius 2 is 1.66 bits per heavy atom. The van der Waals surface area contributed by atoms with Crippen LogP contribution in [-0.4, -0.2) is 44.3 Å². The van der Waals surface area contributed by atoms with Crippen molar-refractivity contribution in [1.82, 2.24) is 10.2 Å². The Bertz CT molecular complexity index is 1050. The van der Waals surface area contributed by atoms with Gasteiger partial charge in [-0.3, -0.25) is 14.3 Å². The van der Waals surface area contributed by atoms with E-state index in [0.717, 1.165) is 18.6 Å². The van der Waals surface area contributed by atoms with Gasteiger partial charge in [0.2, 0.25) is 5.91 Å². The largest absolute Gasteiger partial charge is 0.353 e. The molecule has 0 spiro atoms. The standard InChI is InChI=1S/C23H28FN3O4S/c1-3-16(2)25-22(28)17-12-14-27(15-13-17)23(29)18-4-8-20(9-5-18)26-32(30,31)21-10-6-19(24)7-11-21/h4-11,16-17,26H,3,12-15H2,1-2H3,(H,25,28)/t16-/m1/s1. The summed E-state index contributed by atoms with van der Waals surface area (Å²) in [6, 6.07) is 10.8. The fourth-order valence-corrected chi connectivity index (χ4v) is 4.56. The first-order valence-electron chi connectivity index (χ1n) is 10.7. The van der Waals surface area contributed by atoms with E-state index in [-0.39, 0.29) is 28.7 Å². The zero-order valence-corrected chi connectivity index (χ0v) is 19.0. The Morgan fingerprint density at radius 3 is 2.22 bits per heavy atom. The third-order valence-corrected chi connectivity index (χ3v) is 7.06. The number of rotatable bonds is 7. The Labute approximate surface area is 188 Å². The molecule has 1 saturated heterocycles. The van der Waals surface area contributed by atoms with Crippen LogP contribution in [0.25, 0.3) is 0 Å². The lowest BCUT2D eigenvalue weighted by atomic mass is 9.95. The second kappa shape index (κ2) is 10.1. The minimum absolute atomic E-state index is 0.0456. The Kier molecular flexibility index (Phi) is 7.50. The molecule has 32 heavy (non-hydrogen) atoms. The van der Waals surface area contributed by atoms with Gasteiger partial charge in [0, 0.05) is 36.3 Å². The van der Waals surface area contributed by atoms with E-state index in [4.69, 9.17) is 0 Å². The second-order valence-corrected chi connectivity index (χ2v) is 9.70. The van der Waals surface area contributed by atoms with Crippen molar-refractivity contribution in [2.75, 3.05) is 17.8 Å². The Hall–Kier alpha value is -2.94. The highest BCUT2D eigenvalue weighted by Gasteiger charge is 2.28. The van der Waals surface area contributed by atoms with E-state index in [2.05, 4.69) is 10.0 Å². The molecule has 0 saturated carbocycles. The SMILES string of the molecule is CC[C@@H](C)NC(=O)C1CCN(C(=O)c2ccc(NS(=O)(=O)c3ccc(F)cc3)cc2)CC1. The van der Waals surface area contributed by atoms with Crippen molar-refractivity contribution in [2.45, 2.75) is 44.0 Å². The molecule has 172 valence electrons. The van der Waals surface area contributed by atoms with Crippen molar-refractivity contribution < 1.29 is 22.4 Å². The molecule has 0 radical (unpaired) electrons. The molecule has 2 N–H and O–H groups in total. The molecule has 0 aliphatic carbocycles. The number of carbonyl (C=O) groups excluding carboxylic acids is 2. The third kappa shape index (κ3) is 5.85. The van der Waals surface area contributed by atoms with Crippen molar-refractivity contribution in [3.8, 4) is 0 Å². The molecular weight excluding hydrogens is 433 g/mol. The summed E-state index contributed by atoms with van der Waals surface area (Å²) in [6.07, 6.45) is 2.10. The average molecular weight is 462 g/mol. The van der Waals surface area contributed by atoms with E-state index < -0.39 is 15.8 Å². The van der Waals surface area contributed by atoms with E-state index >= 15 is 0 Å². The monoisotopic (exact) mass is 461 g/mol. The number of amides is 2. The highest BCUT2D eigenvalue weighted by atomic mass is 32.2. The molecule has 7 nitrogen and oxygen atoms in total. The van der Waals surface area contributed by atoms with E-state index in [1.165, 1.54) is 24.3 Å². The smallest absolute Gasteiger partial charge is 0.261 e. The number of halogens is 1. The normalized spacial score (nSPS) is 15.8. The Morgan fingerprint density at radius 1 is 1.06 bits per heavy atom. The molecule has 0 unspecified atom stereocenters. The van der Waals surface area contributed by atoms with Crippen LogP contribution in [0.4, 0.5) is 10.1 Å². The van der Waals surface area contributed by atoms with Gasteiger partial charge in [-0.2, -0.15) is 0 Å². The van der Waals surface area contributed by atoms with E-state index in [0.29, 0.717) is 37.2 Å². The number of nitrogens with zero attached hydrogens (tertiary/aromatic N) is 1. The van der Waals surface area contributed by atoms with Gasteiger partial charge in [0.1, 0.15) is 5.82 Å². The van der Waals surface area contributed by atoms with E-state index in [1.807, 2.05) is 13.8 Å². The predicted octanol–water partition coefficient (Wildman–Crippen LogP) is 3.39. The maximum atomic E-state index is 13.0. The zero-order valence-electron chi connectivity index (χ0n) is 18.2. The molecule has 0 bridgehead atoms. The highest BCUT2D eigenvalue weighted by Crippen LogP contribution is 2.21. The number of hydrogen-bond donors (Lipinski definition) is 2. The fraction of sp³-hybridized carbons (Fsp3) is 0.391. The van der Waals surface area contributed by atoms with E-state index in [9.17, 15) is 22.4 Å². The number of piperidine rings is 1. The van der Waals surface area contributed by atoms with Gasteiger partial charge in [0.25, 0.3) is 15.9 Å². The van der Waals surface area contributed by atoms with Gasteiger partial charge >= 0.3 is 0 Å². The number of benzene rings is 2. The van der Waals surface area contributed by atoms with Crippen LogP contribution in [0.3, 0.4) is 0 Å². The van der Waals surface area contributed by atoms with Crippen molar-refractivity contribution in [3.05, 3.63) is 59.9 Å². The van der Waals surface area contributed by atoms with Crippen molar-refractivity contribution in [1.29, 1.82) is 0 Å². The molecule has 9 heteroatoms. The lowest BCUT2D eigenvalue weighted by Crippen LogP contribution is -2.44. The van der Waals surface area contributed by atoms with Crippen LogP contribution in [-0.2, 0) is 14.8 Å². The molecule has 2 aromatic rings. The molecule has 1 aliphatic heterocycles. The molecule has 2 aromatic carbocycles. The molecule has 2 amide bonds. The number of nitrogens with one attached hydrogen (secondary N) is 2. The number of carbonyl (C=O) groups is 2. The quantitative estimate of drug-likeness (QED) is 0.661. The summed E-state index contributed by atoms with van der Waals surface area (Å²) < 4.78 is 40.3. The summed E-state index contributed by atoms with van der Waals surface area (Å²) >= 11 is 0. The minimum Gasteiger partial charge on any atom is -0.353 e. The van der Waals surface area contributed by atoms with Crippen LogP contribution in [0.2, 0.25) is 0 Å². The first kappa shape index (κ1) is 23.7. The summed E-state index contributed by atoms with van der Waals surface area (Å²) in [4.78, 5) is 26.8. The molecule has 1 fully saturated rings. The molecule has 3 rings (SSSR count). The summed E-state index contributed by atoms with van der Waals surface area (Å²) in [6.45, 7) is 4.98. The Balaban J connectivity index is 1.57. The number of sulfonamides is 1. The summed E-state index contributed by atoms with van der Waals surface area (Å²) in [5, 5.41) is 3.00. The molecule has 1 heterocycles. The maximum Gasteiger partial charge on any atom is 0.261 e. The van der Waals surface area contributed by atoms with Crippen molar-refractivity contribution >= 4 is 27.5 Å². The molecule has 1 atom stereocenters. The van der Waals surface area contributed by atoms with Crippen LogP contribution in [0.1, 0.15) is 43.5 Å². The maximum absolute atomic E-state index is 13.0. The summed E-state index contributed by atoms with van der Waals surface area (Å²) in [5.74, 6) is -0.716. The van der Waals surface area contributed by atoms with Crippen LogP contribution >= 0.6 is 0 Å². The first-order chi connectivity index (χ1) is 15.2. The van der Waals surface area contributed by atoms with Crippen LogP contribution in [0, 0.1) is 11.7 Å². The average Bonchev–Trinajstić information content (AvgIpc) is 2.79. The lowest BCUT2D eigenvalue weighted by molar-refractivity contribution is -0.126. The molecular formula is C23H28FN3O4S. The van der Waals surface area contributed by atoms with Gasteiger partial charge in [0.05, 0.1) is 4.90 Å². The topological polar surface area (TPSA) is 95.6 Å². The summed E-state index contributed by atoms with van der Waals surface area (Å²) in [5.41, 5.74) is 0.739. The van der Waals surface area contributed by atoms with Gasteiger partial charge in [-0.25, -0.2) is 12.8 Å². The fourth-order valence-electron chi connectivity index (χ4n) is 3.50. The van der Waals surface area contributed by atoms with Gasteiger partial charge < -0.3 is 10.2 Å². The third-order valence-electron chi connectivity index (χ3n) is 5.66. The number of anilines is 1. The van der Waals surface area contributed by atoms with Gasteiger partial charge in [-0.1, -0.05) is 6.92 Å². The first-order valence-corrected chi connectivity index (χ1v) is 12.2. The van der Waals surface area contributed by atoms with Crippen LogP contribution < -0.4 is 10.0 Å². The van der Waals surface area contributed by atoms with Gasteiger partial charge in [-0.05, 0) is 74.7 Å². The molecule has 1 aliphatic rings. The van der Waals surface area contributed by atoms with Gasteiger partial charge in [-0.15, -0.1) is 0 Å². The number of hydrogen-bond acceptors (Lipinski definition) is 4. The summed E-state index contributed by atoms with van der Waals surface area (Å²) in [7, 11) is -3.86. The molecule has 0 aromatic heterocycles. The number of likely N-dealkylation sites (tertiary alicyclic amines) is 1. The van der Waals surface area contributed by atoms with Crippen LogP contribution in [0.5, 0.6) is 0 Å². The van der Waals surface area contributed by atoms with Crippen LogP contribution in [0.15, 0.2) is 53.4 Å². The van der Waals surface area contributed by atoms with Gasteiger partial charge in [0.15, 0.2) is 0 Å². The van der Waals surface area contributed by atoms with Crippen molar-refractivity contribution in [3.63, 3.8) is 0 Å². The minimum atomic E-state index is -3.86. The predicted molar refractivity (Wildman–Crippen MR) is 120 cm³/mol. The second-order valence-electron chi connectivity index (χ2n) is 8.02.